The van der Waals surface area contributed by atoms with Gasteiger partial charge in [0.25, 0.3) is 0 Å². The standard InChI is InChI=1S/C19H22/c1-3-15-19(16-4-2,17-11-7-5-8-12-17)18-13-9-6-10-14-18/h3,5-15H,4,16H2,1-2H3. The van der Waals surface area contributed by atoms with Crippen molar-refractivity contribution in [3.63, 3.8) is 0 Å². The third-order valence-corrected chi connectivity index (χ3v) is 3.67. The van der Waals surface area contributed by atoms with E-state index in [1.54, 1.807) is 0 Å². The van der Waals surface area contributed by atoms with Gasteiger partial charge in [-0.05, 0) is 24.5 Å². The molecule has 19 heavy (non-hydrogen) atoms. The molecule has 0 heterocycles. The summed E-state index contributed by atoms with van der Waals surface area (Å²) in [6.07, 6.45) is 6.82. The molecule has 0 nitrogen and oxygen atoms in total. The molecule has 0 aliphatic heterocycles. The summed E-state index contributed by atoms with van der Waals surface area (Å²) in [4.78, 5) is 0. The molecule has 0 atom stereocenters. The van der Waals surface area contributed by atoms with Crippen molar-refractivity contribution in [2.75, 3.05) is 0 Å². The van der Waals surface area contributed by atoms with Gasteiger partial charge in [-0.1, -0.05) is 86.2 Å². The minimum Gasteiger partial charge on any atom is -0.0904 e. The van der Waals surface area contributed by atoms with E-state index in [2.05, 4.69) is 86.7 Å². The van der Waals surface area contributed by atoms with Crippen LogP contribution < -0.4 is 0 Å². The first-order chi connectivity index (χ1) is 9.33. The number of hydrogen-bond acceptors (Lipinski definition) is 0. The Bertz CT molecular complexity index is 469. The van der Waals surface area contributed by atoms with Crippen molar-refractivity contribution in [3.8, 4) is 0 Å². The van der Waals surface area contributed by atoms with Crippen LogP contribution in [0.25, 0.3) is 0 Å². The Morgan fingerprint density at radius 2 is 1.32 bits per heavy atom. The molecular weight excluding hydrogens is 228 g/mol. The van der Waals surface area contributed by atoms with E-state index in [4.69, 9.17) is 0 Å². The van der Waals surface area contributed by atoms with E-state index < -0.39 is 0 Å². The van der Waals surface area contributed by atoms with Crippen LogP contribution in [0.2, 0.25) is 0 Å². The van der Waals surface area contributed by atoms with Gasteiger partial charge >= 0.3 is 0 Å². The van der Waals surface area contributed by atoms with Crippen LogP contribution in [0.3, 0.4) is 0 Å². The zero-order valence-electron chi connectivity index (χ0n) is 11.8. The van der Waals surface area contributed by atoms with E-state index in [-0.39, 0.29) is 5.41 Å². The van der Waals surface area contributed by atoms with Crippen molar-refractivity contribution < 1.29 is 0 Å². The van der Waals surface area contributed by atoms with Gasteiger partial charge in [-0.3, -0.25) is 0 Å². The highest BCUT2D eigenvalue weighted by molar-refractivity contribution is 5.44. The van der Waals surface area contributed by atoms with Crippen molar-refractivity contribution in [3.05, 3.63) is 83.9 Å². The highest BCUT2D eigenvalue weighted by atomic mass is 14.3. The number of allylic oxidation sites excluding steroid dienone is 2. The lowest BCUT2D eigenvalue weighted by molar-refractivity contribution is 0.569. The van der Waals surface area contributed by atoms with E-state index in [1.165, 1.54) is 11.1 Å². The van der Waals surface area contributed by atoms with Gasteiger partial charge in [-0.15, -0.1) is 0 Å². The molecule has 2 rings (SSSR count). The fourth-order valence-electron chi connectivity index (χ4n) is 2.88. The van der Waals surface area contributed by atoms with E-state index in [0.29, 0.717) is 0 Å². The topological polar surface area (TPSA) is 0 Å². The van der Waals surface area contributed by atoms with Crippen LogP contribution in [-0.4, -0.2) is 0 Å². The summed E-state index contributed by atoms with van der Waals surface area (Å²) in [7, 11) is 0. The largest absolute Gasteiger partial charge is 0.0904 e. The van der Waals surface area contributed by atoms with Crippen molar-refractivity contribution in [2.24, 2.45) is 0 Å². The summed E-state index contributed by atoms with van der Waals surface area (Å²) < 4.78 is 0. The van der Waals surface area contributed by atoms with Crippen LogP contribution in [0.15, 0.2) is 72.8 Å². The molecule has 0 amide bonds. The number of benzene rings is 2. The van der Waals surface area contributed by atoms with E-state index >= 15 is 0 Å². The fraction of sp³-hybridized carbons (Fsp3) is 0.263. The Hall–Kier alpha value is -1.82. The summed E-state index contributed by atoms with van der Waals surface area (Å²) >= 11 is 0. The van der Waals surface area contributed by atoms with Crippen molar-refractivity contribution in [1.29, 1.82) is 0 Å². The highest BCUT2D eigenvalue weighted by Crippen LogP contribution is 2.38. The molecule has 0 bridgehead atoms. The molecule has 0 heteroatoms. The van der Waals surface area contributed by atoms with Gasteiger partial charge in [-0.2, -0.15) is 0 Å². The first-order valence-electron chi connectivity index (χ1n) is 7.08. The Labute approximate surface area is 116 Å². The lowest BCUT2D eigenvalue weighted by atomic mass is 9.71. The third kappa shape index (κ3) is 2.78. The molecule has 0 aliphatic rings. The summed E-state index contributed by atoms with van der Waals surface area (Å²) in [6, 6.07) is 21.6. The molecule has 98 valence electrons. The molecular formula is C19H22. The molecule has 0 N–H and O–H groups in total. The summed E-state index contributed by atoms with van der Waals surface area (Å²) in [6.45, 7) is 4.36. The van der Waals surface area contributed by atoms with E-state index in [9.17, 15) is 0 Å². The minimum atomic E-state index is 0.00597. The van der Waals surface area contributed by atoms with Gasteiger partial charge in [0.15, 0.2) is 0 Å². The predicted molar refractivity (Wildman–Crippen MR) is 83.4 cm³/mol. The smallest absolute Gasteiger partial charge is 0.0381 e. The van der Waals surface area contributed by atoms with Gasteiger partial charge in [0.05, 0.1) is 0 Å². The maximum absolute atomic E-state index is 2.35. The number of rotatable bonds is 5. The molecule has 0 saturated carbocycles. The second kappa shape index (κ2) is 6.38. The second-order valence-corrected chi connectivity index (χ2v) is 4.95. The molecule has 0 radical (unpaired) electrons. The van der Waals surface area contributed by atoms with Gasteiger partial charge in [-0.25, -0.2) is 0 Å². The summed E-state index contributed by atoms with van der Waals surface area (Å²) in [5, 5.41) is 0. The molecule has 0 fully saturated rings. The van der Waals surface area contributed by atoms with Crippen molar-refractivity contribution in [1.82, 2.24) is 0 Å². The molecule has 0 saturated heterocycles. The lowest BCUT2D eigenvalue weighted by Crippen LogP contribution is -2.25. The van der Waals surface area contributed by atoms with Crippen LogP contribution in [0.5, 0.6) is 0 Å². The highest BCUT2D eigenvalue weighted by Gasteiger charge is 2.29. The van der Waals surface area contributed by atoms with E-state index in [0.717, 1.165) is 12.8 Å². The Balaban J connectivity index is 2.61. The van der Waals surface area contributed by atoms with Gasteiger partial charge in [0.2, 0.25) is 0 Å². The van der Waals surface area contributed by atoms with Gasteiger partial charge in [0, 0.05) is 5.41 Å². The van der Waals surface area contributed by atoms with Gasteiger partial charge in [0.1, 0.15) is 0 Å². The predicted octanol–water partition coefficient (Wildman–Crippen LogP) is 5.35. The first kappa shape index (κ1) is 13.6. The maximum atomic E-state index is 2.35. The van der Waals surface area contributed by atoms with Crippen LogP contribution in [0.1, 0.15) is 37.8 Å². The van der Waals surface area contributed by atoms with Crippen LogP contribution >= 0.6 is 0 Å². The molecule has 0 spiro atoms. The minimum absolute atomic E-state index is 0.00597. The second-order valence-electron chi connectivity index (χ2n) is 4.95. The summed E-state index contributed by atoms with van der Waals surface area (Å²) in [5.41, 5.74) is 2.76. The molecule has 0 unspecified atom stereocenters. The molecule has 0 aromatic heterocycles. The Morgan fingerprint density at radius 1 is 0.842 bits per heavy atom. The zero-order valence-corrected chi connectivity index (χ0v) is 11.8. The normalized spacial score (nSPS) is 11.9. The van der Waals surface area contributed by atoms with Crippen molar-refractivity contribution >= 4 is 0 Å². The van der Waals surface area contributed by atoms with Crippen LogP contribution in [0, 0.1) is 0 Å². The maximum Gasteiger partial charge on any atom is 0.0381 e. The number of hydrogen-bond donors (Lipinski definition) is 0. The molecule has 0 aliphatic carbocycles. The summed E-state index contributed by atoms with van der Waals surface area (Å²) in [5.74, 6) is 0. The first-order valence-corrected chi connectivity index (χ1v) is 7.08. The third-order valence-electron chi connectivity index (χ3n) is 3.67. The fourth-order valence-corrected chi connectivity index (χ4v) is 2.88. The van der Waals surface area contributed by atoms with Crippen LogP contribution in [-0.2, 0) is 5.41 Å². The molecule has 2 aromatic rings. The lowest BCUT2D eigenvalue weighted by Gasteiger charge is -2.32. The average molecular weight is 250 g/mol. The monoisotopic (exact) mass is 250 g/mol. The Kier molecular flexibility index (Phi) is 4.57. The Morgan fingerprint density at radius 3 is 1.68 bits per heavy atom. The van der Waals surface area contributed by atoms with E-state index in [1.807, 2.05) is 0 Å². The average Bonchev–Trinajstić information content (AvgIpc) is 2.49. The zero-order chi connectivity index (χ0) is 13.6. The van der Waals surface area contributed by atoms with Gasteiger partial charge < -0.3 is 0 Å². The quantitative estimate of drug-likeness (QED) is 0.628. The van der Waals surface area contributed by atoms with Crippen LogP contribution in [0.4, 0.5) is 0 Å². The van der Waals surface area contributed by atoms with Crippen molar-refractivity contribution in [2.45, 2.75) is 32.1 Å². The molecule has 2 aromatic carbocycles. The SMILES string of the molecule is CC=CC(CCC)(c1ccccc1)c1ccccc1.